The maximum absolute atomic E-state index is 13.3. The van der Waals surface area contributed by atoms with Crippen molar-refractivity contribution in [2.45, 2.75) is 44.3 Å². The second-order valence-corrected chi connectivity index (χ2v) is 9.94. The molecule has 4 rings (SSSR count). The molecule has 0 saturated heterocycles. The lowest BCUT2D eigenvalue weighted by atomic mass is 10.1. The number of fused-ring (bicyclic) bond motifs is 1. The first-order valence-corrected chi connectivity index (χ1v) is 12.9. The van der Waals surface area contributed by atoms with E-state index in [1.54, 1.807) is 15.9 Å². The van der Waals surface area contributed by atoms with Gasteiger partial charge >= 0.3 is 0 Å². The van der Waals surface area contributed by atoms with Gasteiger partial charge in [-0.15, -0.1) is 11.3 Å². The largest absolute Gasteiger partial charge is 0.348 e. The van der Waals surface area contributed by atoms with Crippen LogP contribution in [0.5, 0.6) is 0 Å². The minimum absolute atomic E-state index is 0.00542. The van der Waals surface area contributed by atoms with Crippen molar-refractivity contribution in [1.29, 1.82) is 0 Å². The van der Waals surface area contributed by atoms with Crippen LogP contribution in [0.3, 0.4) is 0 Å². The number of carbonyl (C=O) groups is 1. The van der Waals surface area contributed by atoms with E-state index in [1.165, 1.54) is 17.3 Å². The Kier molecular flexibility index (Phi) is 7.62. The summed E-state index contributed by atoms with van der Waals surface area (Å²) in [6, 6.07) is 19.9. The normalized spacial score (nSPS) is 12.1. The second-order valence-electron chi connectivity index (χ2n) is 8.00. The molecule has 1 unspecified atom stereocenters. The standard InChI is InChI=1S/C26H27N3O2S2/c1-3-7-21(23-10-6-15-32-23)27-24(30)17-33-25-26(31)29(16-19-13-11-18(2)12-14-19)22-9-5-4-8-20(22)28-25/h4-6,8-15,21H,3,7,16-17H2,1-2H3,(H,27,30). The Hall–Kier alpha value is -2.90. The van der Waals surface area contributed by atoms with Gasteiger partial charge in [-0.2, -0.15) is 0 Å². The second kappa shape index (κ2) is 10.8. The molecule has 5 nitrogen and oxygen atoms in total. The Bertz CT molecular complexity index is 1280. The predicted molar refractivity (Wildman–Crippen MR) is 137 cm³/mol. The van der Waals surface area contributed by atoms with E-state index in [1.807, 2.05) is 73.0 Å². The van der Waals surface area contributed by atoms with Crippen LogP contribution in [-0.2, 0) is 11.3 Å². The number of hydrogen-bond acceptors (Lipinski definition) is 5. The van der Waals surface area contributed by atoms with Gasteiger partial charge in [0.25, 0.3) is 5.56 Å². The minimum atomic E-state index is -0.171. The first kappa shape index (κ1) is 23.3. The highest BCUT2D eigenvalue weighted by molar-refractivity contribution is 7.99. The molecule has 4 aromatic rings. The van der Waals surface area contributed by atoms with Crippen molar-refractivity contribution in [2.24, 2.45) is 0 Å². The average Bonchev–Trinajstić information content (AvgIpc) is 3.36. The van der Waals surface area contributed by atoms with Gasteiger partial charge in [0, 0.05) is 4.88 Å². The highest BCUT2D eigenvalue weighted by atomic mass is 32.2. The molecule has 2 heterocycles. The molecule has 0 saturated carbocycles. The molecule has 0 fully saturated rings. The monoisotopic (exact) mass is 477 g/mol. The predicted octanol–water partition coefficient (Wildman–Crippen LogP) is 5.56. The first-order valence-electron chi connectivity index (χ1n) is 11.1. The zero-order valence-corrected chi connectivity index (χ0v) is 20.4. The number of carbonyl (C=O) groups excluding carboxylic acids is 1. The number of nitrogens with zero attached hydrogens (tertiary/aromatic N) is 2. The molecule has 170 valence electrons. The van der Waals surface area contributed by atoms with Crippen LogP contribution in [0.15, 0.2) is 75.9 Å². The number of aryl methyl sites for hydroxylation is 1. The summed E-state index contributed by atoms with van der Waals surface area (Å²) < 4.78 is 1.75. The van der Waals surface area contributed by atoms with E-state index in [-0.39, 0.29) is 23.3 Å². The highest BCUT2D eigenvalue weighted by Crippen LogP contribution is 2.24. The van der Waals surface area contributed by atoms with E-state index in [4.69, 9.17) is 0 Å². The molecule has 1 N–H and O–H groups in total. The van der Waals surface area contributed by atoms with Gasteiger partial charge in [-0.25, -0.2) is 4.98 Å². The Morgan fingerprint density at radius 3 is 2.64 bits per heavy atom. The minimum Gasteiger partial charge on any atom is -0.348 e. The molecule has 1 atom stereocenters. The molecule has 2 aromatic heterocycles. The van der Waals surface area contributed by atoms with Gasteiger partial charge in [-0.1, -0.05) is 73.1 Å². The number of nitrogens with one attached hydrogen (secondary N) is 1. The van der Waals surface area contributed by atoms with Crippen LogP contribution >= 0.6 is 23.1 Å². The molecular weight excluding hydrogens is 450 g/mol. The lowest BCUT2D eigenvalue weighted by Gasteiger charge is -2.17. The molecule has 2 aromatic carbocycles. The molecular formula is C26H27N3O2S2. The number of benzene rings is 2. The number of aromatic nitrogens is 2. The smallest absolute Gasteiger partial charge is 0.283 e. The van der Waals surface area contributed by atoms with Crippen molar-refractivity contribution in [1.82, 2.24) is 14.9 Å². The average molecular weight is 478 g/mol. The number of para-hydroxylation sites is 2. The Labute approximate surface area is 201 Å². The van der Waals surface area contributed by atoms with Gasteiger partial charge in [0.15, 0.2) is 5.03 Å². The first-order chi connectivity index (χ1) is 16.0. The van der Waals surface area contributed by atoms with E-state index in [0.717, 1.165) is 34.3 Å². The van der Waals surface area contributed by atoms with E-state index < -0.39 is 0 Å². The van der Waals surface area contributed by atoms with Crippen molar-refractivity contribution < 1.29 is 4.79 Å². The highest BCUT2D eigenvalue weighted by Gasteiger charge is 2.17. The molecule has 0 aliphatic rings. The number of thioether (sulfide) groups is 1. The summed E-state index contributed by atoms with van der Waals surface area (Å²) in [6.07, 6.45) is 1.86. The fourth-order valence-electron chi connectivity index (χ4n) is 3.73. The van der Waals surface area contributed by atoms with E-state index in [9.17, 15) is 9.59 Å². The van der Waals surface area contributed by atoms with Crippen LogP contribution in [0.25, 0.3) is 11.0 Å². The summed E-state index contributed by atoms with van der Waals surface area (Å²) in [5, 5.41) is 5.49. The lowest BCUT2D eigenvalue weighted by molar-refractivity contribution is -0.119. The molecule has 0 radical (unpaired) electrons. The Morgan fingerprint density at radius 2 is 1.91 bits per heavy atom. The Balaban J connectivity index is 1.55. The van der Waals surface area contributed by atoms with Crippen LogP contribution in [-0.4, -0.2) is 21.2 Å². The van der Waals surface area contributed by atoms with Crippen molar-refractivity contribution in [3.05, 3.63) is 92.4 Å². The maximum Gasteiger partial charge on any atom is 0.283 e. The van der Waals surface area contributed by atoms with E-state index in [2.05, 4.69) is 17.2 Å². The third-order valence-electron chi connectivity index (χ3n) is 5.42. The molecule has 1 amide bonds. The number of thiophene rings is 1. The summed E-state index contributed by atoms with van der Waals surface area (Å²) in [4.78, 5) is 31.8. The maximum atomic E-state index is 13.3. The molecule has 0 aliphatic carbocycles. The Morgan fingerprint density at radius 1 is 1.12 bits per heavy atom. The molecule has 0 bridgehead atoms. The third-order valence-corrected chi connectivity index (χ3v) is 7.35. The van der Waals surface area contributed by atoms with Crippen LogP contribution < -0.4 is 10.9 Å². The van der Waals surface area contributed by atoms with Crippen molar-refractivity contribution in [3.8, 4) is 0 Å². The van der Waals surface area contributed by atoms with Crippen LogP contribution in [0.2, 0.25) is 0 Å². The van der Waals surface area contributed by atoms with Gasteiger partial charge in [0.1, 0.15) is 0 Å². The molecule has 7 heteroatoms. The van der Waals surface area contributed by atoms with Gasteiger partial charge in [-0.05, 0) is 42.5 Å². The molecule has 0 spiro atoms. The SMILES string of the molecule is CCCC(NC(=O)CSc1nc2ccccc2n(Cc2ccc(C)cc2)c1=O)c1cccs1. The summed E-state index contributed by atoms with van der Waals surface area (Å²) in [6.45, 7) is 4.61. The zero-order valence-electron chi connectivity index (χ0n) is 18.8. The summed E-state index contributed by atoms with van der Waals surface area (Å²) in [5.74, 6) is 0.0581. The summed E-state index contributed by atoms with van der Waals surface area (Å²) >= 11 is 2.85. The van der Waals surface area contributed by atoms with E-state index >= 15 is 0 Å². The van der Waals surface area contributed by atoms with Gasteiger partial charge in [0.05, 0.1) is 29.4 Å². The topological polar surface area (TPSA) is 64.0 Å². The quantitative estimate of drug-likeness (QED) is 0.320. The van der Waals surface area contributed by atoms with Crippen molar-refractivity contribution in [3.63, 3.8) is 0 Å². The van der Waals surface area contributed by atoms with Crippen molar-refractivity contribution >= 4 is 40.0 Å². The van der Waals surface area contributed by atoms with Gasteiger partial charge in [-0.3, -0.25) is 14.2 Å². The fraction of sp³-hybridized carbons (Fsp3) is 0.269. The van der Waals surface area contributed by atoms with Crippen molar-refractivity contribution in [2.75, 3.05) is 5.75 Å². The fourth-order valence-corrected chi connectivity index (χ4v) is 5.29. The number of hydrogen-bond donors (Lipinski definition) is 1. The van der Waals surface area contributed by atoms with E-state index in [0.29, 0.717) is 11.6 Å². The number of rotatable bonds is 9. The lowest BCUT2D eigenvalue weighted by Crippen LogP contribution is -2.30. The third kappa shape index (κ3) is 5.72. The molecule has 0 aliphatic heterocycles. The van der Waals surface area contributed by atoms with Crippen LogP contribution in [0.1, 0.15) is 41.8 Å². The zero-order chi connectivity index (χ0) is 23.2. The number of amides is 1. The molecule has 33 heavy (non-hydrogen) atoms. The van der Waals surface area contributed by atoms with Crippen LogP contribution in [0.4, 0.5) is 0 Å². The van der Waals surface area contributed by atoms with Gasteiger partial charge < -0.3 is 5.32 Å². The summed E-state index contributed by atoms with van der Waals surface area (Å²) in [5.41, 5.74) is 3.59. The summed E-state index contributed by atoms with van der Waals surface area (Å²) in [7, 11) is 0. The van der Waals surface area contributed by atoms with Crippen LogP contribution in [0, 0.1) is 6.92 Å². The van der Waals surface area contributed by atoms with Gasteiger partial charge in [0.2, 0.25) is 5.91 Å².